The van der Waals surface area contributed by atoms with Crippen LogP contribution in [-0.4, -0.2) is 57.7 Å². The first-order valence-electron chi connectivity index (χ1n) is 8.99. The number of aliphatic hydroxyl groups excluding tert-OH is 1. The van der Waals surface area contributed by atoms with Crippen molar-refractivity contribution in [3.63, 3.8) is 0 Å². The van der Waals surface area contributed by atoms with E-state index in [1.807, 2.05) is 24.3 Å². The lowest BCUT2D eigenvalue weighted by Crippen LogP contribution is -2.56. The molecule has 1 aromatic carbocycles. The van der Waals surface area contributed by atoms with Crippen LogP contribution in [0.4, 0.5) is 0 Å². The highest BCUT2D eigenvalue weighted by atomic mass is 16.4. The SMILES string of the molecule is CC(C)[C@H](N)C(=O)N[C@@H](Cc1c[nH]c2ccccc12)C(=O)N[C@@H](CO)C(=O)O. The molecule has 0 fully saturated rings. The average molecular weight is 390 g/mol. The Bertz CT molecular complexity index is 848. The molecule has 0 aliphatic heterocycles. The van der Waals surface area contributed by atoms with E-state index in [1.54, 1.807) is 20.0 Å². The van der Waals surface area contributed by atoms with Gasteiger partial charge in [-0.1, -0.05) is 32.0 Å². The Morgan fingerprint density at radius 1 is 1.11 bits per heavy atom. The second-order valence-corrected chi connectivity index (χ2v) is 6.98. The second kappa shape index (κ2) is 9.34. The van der Waals surface area contributed by atoms with Crippen LogP contribution in [0, 0.1) is 5.92 Å². The zero-order valence-electron chi connectivity index (χ0n) is 15.8. The number of aromatic nitrogens is 1. The number of aromatic amines is 1. The molecule has 2 amide bonds. The molecule has 9 heteroatoms. The predicted octanol–water partition coefficient (Wildman–Crippen LogP) is -0.260. The molecule has 0 saturated heterocycles. The van der Waals surface area contributed by atoms with E-state index in [4.69, 9.17) is 15.9 Å². The number of fused-ring (bicyclic) bond motifs is 1. The molecular weight excluding hydrogens is 364 g/mol. The van der Waals surface area contributed by atoms with Gasteiger partial charge in [0, 0.05) is 23.5 Å². The number of nitrogens with one attached hydrogen (secondary N) is 3. The molecule has 0 aliphatic carbocycles. The number of aliphatic hydroxyl groups is 1. The normalized spacial score (nSPS) is 14.5. The minimum Gasteiger partial charge on any atom is -0.480 e. The molecule has 3 atom stereocenters. The molecular formula is C19H26N4O5. The van der Waals surface area contributed by atoms with Gasteiger partial charge in [0.25, 0.3) is 0 Å². The van der Waals surface area contributed by atoms with Gasteiger partial charge in [-0.15, -0.1) is 0 Å². The highest BCUT2D eigenvalue weighted by Crippen LogP contribution is 2.19. The first-order chi connectivity index (χ1) is 13.2. The van der Waals surface area contributed by atoms with Crippen LogP contribution >= 0.6 is 0 Å². The number of benzene rings is 1. The van der Waals surface area contributed by atoms with Crippen LogP contribution in [0.5, 0.6) is 0 Å². The minimum atomic E-state index is -1.46. The number of H-pyrrole nitrogens is 1. The lowest BCUT2D eigenvalue weighted by Gasteiger charge is -2.23. The molecule has 2 rings (SSSR count). The van der Waals surface area contributed by atoms with E-state index in [1.165, 1.54) is 0 Å². The van der Waals surface area contributed by atoms with Crippen LogP contribution in [-0.2, 0) is 20.8 Å². The summed E-state index contributed by atoms with van der Waals surface area (Å²) in [6.45, 7) is 2.80. The Morgan fingerprint density at radius 3 is 2.36 bits per heavy atom. The number of hydrogen-bond acceptors (Lipinski definition) is 5. The summed E-state index contributed by atoms with van der Waals surface area (Å²) in [5.41, 5.74) is 7.52. The van der Waals surface area contributed by atoms with Crippen molar-refractivity contribution in [2.75, 3.05) is 6.61 Å². The fourth-order valence-electron chi connectivity index (χ4n) is 2.76. The Kier molecular flexibility index (Phi) is 7.13. The van der Waals surface area contributed by atoms with Gasteiger partial charge in [-0.2, -0.15) is 0 Å². The standard InChI is InChI=1S/C19H26N4O5/c1-10(2)16(20)18(26)22-14(17(25)23-15(9-24)19(27)28)7-11-8-21-13-6-4-3-5-12(11)13/h3-6,8,10,14-16,21,24H,7,9,20H2,1-2H3,(H,22,26)(H,23,25)(H,27,28)/t14-,15-,16-/m0/s1. The maximum Gasteiger partial charge on any atom is 0.328 e. The van der Waals surface area contributed by atoms with E-state index in [0.29, 0.717) is 0 Å². The number of hydrogen-bond donors (Lipinski definition) is 6. The molecule has 0 saturated carbocycles. The van der Waals surface area contributed by atoms with Crippen molar-refractivity contribution >= 4 is 28.7 Å². The molecule has 0 bridgehead atoms. The van der Waals surface area contributed by atoms with Crippen molar-refractivity contribution in [3.05, 3.63) is 36.0 Å². The Hall–Kier alpha value is -2.91. The maximum atomic E-state index is 12.7. The summed E-state index contributed by atoms with van der Waals surface area (Å²) in [5, 5.41) is 24.0. The minimum absolute atomic E-state index is 0.129. The van der Waals surface area contributed by atoms with Crippen molar-refractivity contribution in [1.29, 1.82) is 0 Å². The van der Waals surface area contributed by atoms with Gasteiger partial charge in [0.2, 0.25) is 11.8 Å². The van der Waals surface area contributed by atoms with Gasteiger partial charge in [-0.25, -0.2) is 4.79 Å². The fraction of sp³-hybridized carbons (Fsp3) is 0.421. The smallest absolute Gasteiger partial charge is 0.328 e. The number of carbonyl (C=O) groups is 3. The number of aliphatic carboxylic acids is 1. The van der Waals surface area contributed by atoms with E-state index in [-0.39, 0.29) is 12.3 Å². The molecule has 28 heavy (non-hydrogen) atoms. The first kappa shape index (κ1) is 21.4. The molecule has 0 radical (unpaired) electrons. The van der Waals surface area contributed by atoms with Crippen molar-refractivity contribution in [2.45, 2.75) is 38.4 Å². The van der Waals surface area contributed by atoms with Crippen molar-refractivity contribution < 1.29 is 24.6 Å². The van der Waals surface area contributed by atoms with Crippen LogP contribution in [0.3, 0.4) is 0 Å². The molecule has 152 valence electrons. The summed E-state index contributed by atoms with van der Waals surface area (Å²) >= 11 is 0. The molecule has 9 nitrogen and oxygen atoms in total. The third-order valence-corrected chi connectivity index (χ3v) is 4.55. The summed E-state index contributed by atoms with van der Waals surface area (Å²) in [5.74, 6) is -2.73. The second-order valence-electron chi connectivity index (χ2n) is 6.98. The average Bonchev–Trinajstić information content (AvgIpc) is 3.07. The monoisotopic (exact) mass is 390 g/mol. The van der Waals surface area contributed by atoms with Crippen molar-refractivity contribution in [2.24, 2.45) is 11.7 Å². The Labute approximate surface area is 162 Å². The van der Waals surface area contributed by atoms with Gasteiger partial charge in [0.15, 0.2) is 0 Å². The van der Waals surface area contributed by atoms with Crippen molar-refractivity contribution in [1.82, 2.24) is 15.6 Å². The van der Waals surface area contributed by atoms with Gasteiger partial charge in [0.1, 0.15) is 12.1 Å². The van der Waals surface area contributed by atoms with E-state index in [2.05, 4.69) is 15.6 Å². The summed E-state index contributed by atoms with van der Waals surface area (Å²) in [6, 6.07) is 4.16. The zero-order valence-corrected chi connectivity index (χ0v) is 15.8. The predicted molar refractivity (Wildman–Crippen MR) is 103 cm³/mol. The Balaban J connectivity index is 2.25. The van der Waals surface area contributed by atoms with Crippen LogP contribution in [0.25, 0.3) is 10.9 Å². The highest BCUT2D eigenvalue weighted by molar-refractivity contribution is 5.93. The van der Waals surface area contributed by atoms with E-state index >= 15 is 0 Å². The van der Waals surface area contributed by atoms with E-state index in [9.17, 15) is 14.4 Å². The molecule has 1 aromatic heterocycles. The number of carbonyl (C=O) groups excluding carboxylic acids is 2. The van der Waals surface area contributed by atoms with Crippen molar-refractivity contribution in [3.8, 4) is 0 Å². The molecule has 2 aromatic rings. The lowest BCUT2D eigenvalue weighted by atomic mass is 10.0. The topological polar surface area (TPSA) is 158 Å². The van der Waals surface area contributed by atoms with Crippen LogP contribution in [0.15, 0.2) is 30.5 Å². The Morgan fingerprint density at radius 2 is 1.75 bits per heavy atom. The third-order valence-electron chi connectivity index (χ3n) is 4.55. The van der Waals surface area contributed by atoms with Gasteiger partial charge in [-0.05, 0) is 17.5 Å². The molecule has 0 spiro atoms. The van der Waals surface area contributed by atoms with E-state index < -0.39 is 42.5 Å². The fourth-order valence-corrected chi connectivity index (χ4v) is 2.76. The molecule has 0 aliphatic rings. The summed E-state index contributed by atoms with van der Waals surface area (Å²) < 4.78 is 0. The zero-order chi connectivity index (χ0) is 20.8. The lowest BCUT2D eigenvalue weighted by molar-refractivity contribution is -0.143. The number of amides is 2. The highest BCUT2D eigenvalue weighted by Gasteiger charge is 2.29. The molecule has 0 unspecified atom stereocenters. The number of carboxylic acids is 1. The van der Waals surface area contributed by atoms with Gasteiger partial charge < -0.3 is 31.6 Å². The maximum absolute atomic E-state index is 12.7. The number of rotatable bonds is 9. The number of nitrogens with two attached hydrogens (primary N) is 1. The third kappa shape index (κ3) is 5.08. The molecule has 7 N–H and O–H groups in total. The van der Waals surface area contributed by atoms with Gasteiger partial charge >= 0.3 is 5.97 Å². The van der Waals surface area contributed by atoms with E-state index in [0.717, 1.165) is 16.5 Å². The first-order valence-corrected chi connectivity index (χ1v) is 8.99. The number of carboxylic acid groups (broad SMARTS) is 1. The van der Waals surface area contributed by atoms with Crippen LogP contribution in [0.1, 0.15) is 19.4 Å². The van der Waals surface area contributed by atoms with Crippen LogP contribution < -0.4 is 16.4 Å². The summed E-state index contributed by atoms with van der Waals surface area (Å²) in [4.78, 5) is 39.3. The molecule has 1 heterocycles. The summed E-state index contributed by atoms with van der Waals surface area (Å²) in [6.07, 6.45) is 1.87. The number of para-hydroxylation sites is 1. The largest absolute Gasteiger partial charge is 0.480 e. The van der Waals surface area contributed by atoms with Gasteiger partial charge in [0.05, 0.1) is 12.6 Å². The summed E-state index contributed by atoms with van der Waals surface area (Å²) in [7, 11) is 0. The van der Waals surface area contributed by atoms with Gasteiger partial charge in [-0.3, -0.25) is 9.59 Å². The van der Waals surface area contributed by atoms with Crippen LogP contribution in [0.2, 0.25) is 0 Å². The quantitative estimate of drug-likeness (QED) is 0.346.